The topological polar surface area (TPSA) is 47.6 Å². The number of thiophene rings is 1. The summed E-state index contributed by atoms with van der Waals surface area (Å²) >= 11 is 1.26. The van der Waals surface area contributed by atoms with Gasteiger partial charge in [-0.1, -0.05) is 24.3 Å². The number of carbonyl (C=O) groups is 1. The van der Waals surface area contributed by atoms with E-state index in [9.17, 15) is 13.6 Å². The highest BCUT2D eigenvalue weighted by Gasteiger charge is 2.15. The molecule has 0 spiro atoms. The lowest BCUT2D eigenvalue weighted by Crippen LogP contribution is -2.13. The van der Waals surface area contributed by atoms with Gasteiger partial charge in [0.25, 0.3) is 5.91 Å². The Bertz CT molecular complexity index is 997. The summed E-state index contributed by atoms with van der Waals surface area (Å²) in [4.78, 5) is 13.0. The molecule has 1 N–H and O–H groups in total. The fourth-order valence-corrected chi connectivity index (χ4v) is 3.67. The van der Waals surface area contributed by atoms with Crippen molar-refractivity contribution in [2.24, 2.45) is 0 Å². The van der Waals surface area contributed by atoms with Crippen molar-refractivity contribution in [2.45, 2.75) is 34.0 Å². The molecule has 0 saturated carbocycles. The predicted octanol–water partition coefficient (Wildman–Crippen LogP) is 6.11. The molecular weight excluding hydrogens is 396 g/mol. The van der Waals surface area contributed by atoms with Gasteiger partial charge in [-0.3, -0.25) is 4.79 Å². The number of anilines is 1. The van der Waals surface area contributed by atoms with E-state index < -0.39 is 12.5 Å². The third kappa shape index (κ3) is 5.32. The third-order valence-corrected chi connectivity index (χ3v) is 5.25. The van der Waals surface area contributed by atoms with Crippen LogP contribution in [0.1, 0.15) is 31.9 Å². The van der Waals surface area contributed by atoms with E-state index in [1.807, 2.05) is 37.4 Å². The second-order valence-corrected chi connectivity index (χ2v) is 7.57. The number of halogens is 2. The molecule has 0 aliphatic carbocycles. The molecule has 1 aromatic heterocycles. The van der Waals surface area contributed by atoms with E-state index in [-0.39, 0.29) is 11.4 Å². The number of nitrogens with one attached hydrogen (secondary N) is 1. The Morgan fingerprint density at radius 3 is 2.52 bits per heavy atom. The van der Waals surface area contributed by atoms with Crippen LogP contribution in [0.15, 0.2) is 47.8 Å². The van der Waals surface area contributed by atoms with E-state index >= 15 is 0 Å². The van der Waals surface area contributed by atoms with Gasteiger partial charge in [-0.15, -0.1) is 11.3 Å². The first kappa shape index (κ1) is 20.8. The summed E-state index contributed by atoms with van der Waals surface area (Å²) in [6, 6.07) is 12.3. The van der Waals surface area contributed by atoms with Crippen molar-refractivity contribution >= 4 is 22.9 Å². The first-order chi connectivity index (χ1) is 13.8. The van der Waals surface area contributed by atoms with Crippen LogP contribution < -0.4 is 14.8 Å². The smallest absolute Gasteiger partial charge is 0.387 e. The van der Waals surface area contributed by atoms with Crippen LogP contribution in [-0.4, -0.2) is 12.5 Å². The Balaban J connectivity index is 1.69. The average molecular weight is 417 g/mol. The van der Waals surface area contributed by atoms with Crippen LogP contribution in [-0.2, 0) is 6.61 Å². The number of carbonyl (C=O) groups excluding carboxylic acids is 1. The molecule has 3 rings (SSSR count). The summed E-state index contributed by atoms with van der Waals surface area (Å²) in [5.41, 5.74) is 3.97. The molecule has 0 unspecified atom stereocenters. The molecule has 0 saturated heterocycles. The second kappa shape index (κ2) is 9.05. The molecule has 3 aromatic rings. The molecule has 0 atom stereocenters. The average Bonchev–Trinajstić information content (AvgIpc) is 3.12. The molecule has 0 aliphatic rings. The van der Waals surface area contributed by atoms with E-state index in [2.05, 4.69) is 10.1 Å². The van der Waals surface area contributed by atoms with Gasteiger partial charge in [0.05, 0.1) is 10.6 Å². The zero-order valence-corrected chi connectivity index (χ0v) is 17.1. The van der Waals surface area contributed by atoms with Crippen LogP contribution >= 0.6 is 11.3 Å². The minimum absolute atomic E-state index is 0.0749. The maximum atomic E-state index is 12.6. The van der Waals surface area contributed by atoms with Crippen molar-refractivity contribution in [3.63, 3.8) is 0 Å². The number of aryl methyl sites for hydroxylation is 3. The van der Waals surface area contributed by atoms with Gasteiger partial charge in [-0.25, -0.2) is 0 Å². The predicted molar refractivity (Wildman–Crippen MR) is 110 cm³/mol. The molecule has 1 heterocycles. The highest BCUT2D eigenvalue weighted by Crippen LogP contribution is 2.29. The van der Waals surface area contributed by atoms with Gasteiger partial charge in [0.15, 0.2) is 0 Å². The van der Waals surface area contributed by atoms with Crippen LogP contribution in [0, 0.1) is 20.8 Å². The number of amides is 1. The Morgan fingerprint density at radius 1 is 1.10 bits per heavy atom. The quantitative estimate of drug-likeness (QED) is 0.505. The largest absolute Gasteiger partial charge is 0.488 e. The molecule has 152 valence electrons. The highest BCUT2D eigenvalue weighted by molar-refractivity contribution is 7.12. The van der Waals surface area contributed by atoms with Gasteiger partial charge in [0.1, 0.15) is 18.1 Å². The van der Waals surface area contributed by atoms with Gasteiger partial charge in [-0.2, -0.15) is 8.78 Å². The maximum Gasteiger partial charge on any atom is 0.387 e. The number of alkyl halides is 2. The minimum atomic E-state index is -2.97. The summed E-state index contributed by atoms with van der Waals surface area (Å²) in [6.45, 7) is 3.13. The van der Waals surface area contributed by atoms with Crippen LogP contribution in [0.4, 0.5) is 14.5 Å². The molecule has 0 fully saturated rings. The molecule has 0 radical (unpaired) electrons. The summed E-state index contributed by atoms with van der Waals surface area (Å²) < 4.78 is 35.6. The van der Waals surface area contributed by atoms with Crippen LogP contribution in [0.5, 0.6) is 11.5 Å². The standard InChI is InChI=1S/C22H21F2NO3S/c1-13-7-8-18(28-22(23)24)17(9-13)25-21(26)19-10-16(12-29-19)11-27-20-14(2)5-4-6-15(20)3/h4-10,12,22H,11H2,1-3H3,(H,25,26). The van der Waals surface area contributed by atoms with Gasteiger partial charge in [-0.05, 0) is 61.0 Å². The molecule has 4 nitrogen and oxygen atoms in total. The van der Waals surface area contributed by atoms with E-state index in [0.29, 0.717) is 11.5 Å². The monoisotopic (exact) mass is 417 g/mol. The minimum Gasteiger partial charge on any atom is -0.488 e. The van der Waals surface area contributed by atoms with Gasteiger partial charge in [0, 0.05) is 5.56 Å². The Kier molecular flexibility index (Phi) is 6.49. The number of ether oxygens (including phenoxy) is 2. The molecule has 1 amide bonds. The molecular formula is C22H21F2NO3S. The van der Waals surface area contributed by atoms with Gasteiger partial charge >= 0.3 is 6.61 Å². The number of rotatable bonds is 7. The van der Waals surface area contributed by atoms with Crippen molar-refractivity contribution in [1.29, 1.82) is 0 Å². The van der Waals surface area contributed by atoms with E-state index in [4.69, 9.17) is 4.74 Å². The molecule has 2 aromatic carbocycles. The maximum absolute atomic E-state index is 12.6. The van der Waals surface area contributed by atoms with E-state index in [1.54, 1.807) is 25.1 Å². The summed E-state index contributed by atoms with van der Waals surface area (Å²) in [7, 11) is 0. The normalized spacial score (nSPS) is 10.8. The summed E-state index contributed by atoms with van der Waals surface area (Å²) in [6.07, 6.45) is 0. The lowest BCUT2D eigenvalue weighted by Gasteiger charge is -2.12. The van der Waals surface area contributed by atoms with Gasteiger partial charge < -0.3 is 14.8 Å². The van der Waals surface area contributed by atoms with Crippen LogP contribution in [0.25, 0.3) is 0 Å². The fraction of sp³-hybridized carbons (Fsp3) is 0.227. The van der Waals surface area contributed by atoms with Crippen molar-refractivity contribution in [2.75, 3.05) is 5.32 Å². The van der Waals surface area contributed by atoms with E-state index in [1.165, 1.54) is 17.4 Å². The third-order valence-electron chi connectivity index (χ3n) is 4.27. The van der Waals surface area contributed by atoms with Gasteiger partial charge in [0.2, 0.25) is 0 Å². The first-order valence-corrected chi connectivity index (χ1v) is 9.84. The zero-order valence-electron chi connectivity index (χ0n) is 16.3. The van der Waals surface area contributed by atoms with Crippen molar-refractivity contribution < 1.29 is 23.0 Å². The van der Waals surface area contributed by atoms with Crippen LogP contribution in [0.3, 0.4) is 0 Å². The zero-order chi connectivity index (χ0) is 21.0. The highest BCUT2D eigenvalue weighted by atomic mass is 32.1. The molecule has 7 heteroatoms. The Morgan fingerprint density at radius 2 is 1.83 bits per heavy atom. The number of para-hydroxylation sites is 1. The van der Waals surface area contributed by atoms with Crippen molar-refractivity contribution in [3.8, 4) is 11.5 Å². The molecule has 0 bridgehead atoms. The number of hydrogen-bond donors (Lipinski definition) is 1. The Hall–Kier alpha value is -2.93. The molecule has 29 heavy (non-hydrogen) atoms. The Labute approximate surface area is 172 Å². The lowest BCUT2D eigenvalue weighted by atomic mass is 10.1. The fourth-order valence-electron chi connectivity index (χ4n) is 2.88. The SMILES string of the molecule is Cc1ccc(OC(F)F)c(NC(=O)c2cc(COc3c(C)cccc3C)cs2)c1. The lowest BCUT2D eigenvalue weighted by molar-refractivity contribution is -0.0493. The molecule has 0 aliphatic heterocycles. The van der Waals surface area contributed by atoms with Crippen molar-refractivity contribution in [1.82, 2.24) is 0 Å². The second-order valence-electron chi connectivity index (χ2n) is 6.66. The summed E-state index contributed by atoms with van der Waals surface area (Å²) in [5.74, 6) is 0.366. The first-order valence-electron chi connectivity index (χ1n) is 8.96. The van der Waals surface area contributed by atoms with E-state index in [0.717, 1.165) is 28.0 Å². The number of benzene rings is 2. The number of hydrogen-bond acceptors (Lipinski definition) is 4. The summed E-state index contributed by atoms with van der Waals surface area (Å²) in [5, 5.41) is 4.49. The van der Waals surface area contributed by atoms with Crippen molar-refractivity contribution in [3.05, 3.63) is 75.0 Å². The van der Waals surface area contributed by atoms with Crippen LogP contribution in [0.2, 0.25) is 0 Å².